The van der Waals surface area contributed by atoms with Gasteiger partial charge in [-0.25, -0.2) is 0 Å². The van der Waals surface area contributed by atoms with E-state index >= 15 is 0 Å². The lowest BCUT2D eigenvalue weighted by atomic mass is 9.93. The number of rotatable bonds is 3. The quantitative estimate of drug-likeness (QED) is 0.638. The van der Waals surface area contributed by atoms with Crippen LogP contribution in [0, 0.1) is 11.8 Å². The summed E-state index contributed by atoms with van der Waals surface area (Å²) >= 11 is 5.82. The van der Waals surface area contributed by atoms with Gasteiger partial charge in [0.2, 0.25) is 0 Å². The van der Waals surface area contributed by atoms with E-state index in [-0.39, 0.29) is 0 Å². The van der Waals surface area contributed by atoms with Gasteiger partial charge in [0.1, 0.15) is 0 Å². The van der Waals surface area contributed by atoms with Gasteiger partial charge in [0.25, 0.3) is 0 Å². The first-order valence-corrected chi connectivity index (χ1v) is 5.97. The Labute approximate surface area is 87.4 Å². The topological polar surface area (TPSA) is 3.24 Å². The summed E-state index contributed by atoms with van der Waals surface area (Å²) in [6, 6.07) is 0.759. The first-order valence-electron chi connectivity index (χ1n) is 5.43. The zero-order valence-electron chi connectivity index (χ0n) is 9.09. The Morgan fingerprint density at radius 1 is 1.46 bits per heavy atom. The highest BCUT2D eigenvalue weighted by Gasteiger charge is 2.23. The summed E-state index contributed by atoms with van der Waals surface area (Å²) in [5.74, 6) is 2.34. The molecule has 0 bridgehead atoms. The van der Waals surface area contributed by atoms with Gasteiger partial charge in [-0.15, -0.1) is 11.6 Å². The van der Waals surface area contributed by atoms with E-state index in [1.807, 2.05) is 0 Å². The van der Waals surface area contributed by atoms with Crippen molar-refractivity contribution in [2.24, 2.45) is 11.8 Å². The maximum Gasteiger partial charge on any atom is 0.0261 e. The van der Waals surface area contributed by atoms with Gasteiger partial charge in [0.15, 0.2) is 0 Å². The molecule has 0 aromatic heterocycles. The van der Waals surface area contributed by atoms with E-state index in [2.05, 4.69) is 25.7 Å². The van der Waals surface area contributed by atoms with Crippen LogP contribution in [0.25, 0.3) is 0 Å². The van der Waals surface area contributed by atoms with Gasteiger partial charge in [-0.3, -0.25) is 0 Å². The fourth-order valence-electron chi connectivity index (χ4n) is 2.18. The molecule has 0 saturated carbocycles. The summed E-state index contributed by atoms with van der Waals surface area (Å²) in [6.45, 7) is 9.38. The van der Waals surface area contributed by atoms with Crippen LogP contribution < -0.4 is 0 Å². The van der Waals surface area contributed by atoms with Crippen LogP contribution in [0.15, 0.2) is 0 Å². The fraction of sp³-hybridized carbons (Fsp3) is 1.00. The maximum atomic E-state index is 5.82. The number of nitrogens with zero attached hydrogens (tertiary/aromatic N) is 1. The van der Waals surface area contributed by atoms with Crippen LogP contribution in [-0.2, 0) is 0 Å². The second-order valence-corrected chi connectivity index (χ2v) is 5.04. The lowest BCUT2D eigenvalue weighted by molar-refractivity contribution is 0.116. The van der Waals surface area contributed by atoms with Crippen LogP contribution in [0.5, 0.6) is 0 Å². The second-order valence-electron chi connectivity index (χ2n) is 4.73. The van der Waals surface area contributed by atoms with Crippen molar-refractivity contribution in [1.29, 1.82) is 0 Å². The van der Waals surface area contributed by atoms with Gasteiger partial charge < -0.3 is 4.90 Å². The number of alkyl halides is 1. The van der Waals surface area contributed by atoms with Crippen molar-refractivity contribution >= 4 is 11.6 Å². The monoisotopic (exact) mass is 203 g/mol. The third kappa shape index (κ3) is 3.47. The van der Waals surface area contributed by atoms with Gasteiger partial charge in [0, 0.05) is 18.5 Å². The molecule has 1 aliphatic heterocycles. The Kier molecular flexibility index (Phi) is 4.54. The van der Waals surface area contributed by atoms with E-state index < -0.39 is 0 Å². The van der Waals surface area contributed by atoms with E-state index in [1.165, 1.54) is 25.9 Å². The van der Waals surface area contributed by atoms with E-state index in [0.29, 0.717) is 5.92 Å². The minimum Gasteiger partial charge on any atom is -0.300 e. The summed E-state index contributed by atoms with van der Waals surface area (Å²) in [5, 5.41) is 0. The predicted octanol–water partition coefficient (Wildman–Crippen LogP) is 2.98. The van der Waals surface area contributed by atoms with E-state index in [1.54, 1.807) is 0 Å². The van der Waals surface area contributed by atoms with Gasteiger partial charge in [-0.2, -0.15) is 0 Å². The van der Waals surface area contributed by atoms with Crippen LogP contribution in [0.2, 0.25) is 0 Å². The lowest BCUT2D eigenvalue weighted by Gasteiger charge is -2.37. The third-order valence-corrected chi connectivity index (χ3v) is 3.61. The first kappa shape index (κ1) is 11.3. The molecule has 0 spiro atoms. The number of piperidine rings is 1. The van der Waals surface area contributed by atoms with Crippen molar-refractivity contribution in [3.8, 4) is 0 Å². The molecule has 13 heavy (non-hydrogen) atoms. The number of halogens is 1. The molecule has 0 radical (unpaired) electrons. The Bertz CT molecular complexity index is 149. The van der Waals surface area contributed by atoms with Crippen molar-refractivity contribution in [2.75, 3.05) is 19.0 Å². The Morgan fingerprint density at radius 3 is 2.69 bits per heavy atom. The molecule has 1 heterocycles. The Morgan fingerprint density at radius 2 is 2.15 bits per heavy atom. The van der Waals surface area contributed by atoms with E-state index in [0.717, 1.165) is 17.8 Å². The molecular formula is C11H22ClN. The summed E-state index contributed by atoms with van der Waals surface area (Å²) in [5.41, 5.74) is 0. The highest BCUT2D eigenvalue weighted by atomic mass is 35.5. The molecule has 0 aliphatic carbocycles. The van der Waals surface area contributed by atoms with E-state index in [9.17, 15) is 0 Å². The molecule has 0 N–H and O–H groups in total. The van der Waals surface area contributed by atoms with Crippen molar-refractivity contribution in [3.05, 3.63) is 0 Å². The minimum absolute atomic E-state index is 0.637. The second kappa shape index (κ2) is 5.21. The summed E-state index contributed by atoms with van der Waals surface area (Å²) < 4.78 is 0. The highest BCUT2D eigenvalue weighted by molar-refractivity contribution is 6.18. The summed E-state index contributed by atoms with van der Waals surface area (Å²) in [7, 11) is 0. The highest BCUT2D eigenvalue weighted by Crippen LogP contribution is 2.22. The van der Waals surface area contributed by atoms with Crippen LogP contribution in [0.4, 0.5) is 0 Å². The number of hydrogen-bond donors (Lipinski definition) is 0. The molecular weight excluding hydrogens is 182 g/mol. The average molecular weight is 204 g/mol. The van der Waals surface area contributed by atoms with Gasteiger partial charge in [0.05, 0.1) is 0 Å². The third-order valence-electron chi connectivity index (χ3n) is 3.09. The largest absolute Gasteiger partial charge is 0.300 e. The molecule has 0 amide bonds. The molecule has 1 fully saturated rings. The zero-order valence-corrected chi connectivity index (χ0v) is 9.85. The molecule has 1 aliphatic rings. The normalized spacial score (nSPS) is 33.2. The van der Waals surface area contributed by atoms with Crippen LogP contribution in [0.1, 0.15) is 33.6 Å². The Hall–Kier alpha value is 0.250. The predicted molar refractivity (Wildman–Crippen MR) is 59.3 cm³/mol. The molecule has 0 aromatic carbocycles. The van der Waals surface area contributed by atoms with Crippen molar-refractivity contribution < 1.29 is 0 Å². The average Bonchev–Trinajstić information content (AvgIpc) is 2.09. The fourth-order valence-corrected chi connectivity index (χ4v) is 2.27. The molecule has 0 aromatic rings. The smallest absolute Gasteiger partial charge is 0.0261 e. The van der Waals surface area contributed by atoms with Crippen molar-refractivity contribution in [2.45, 2.75) is 39.7 Å². The molecule has 3 atom stereocenters. The van der Waals surface area contributed by atoms with Crippen LogP contribution in [0.3, 0.4) is 0 Å². The zero-order chi connectivity index (χ0) is 9.84. The van der Waals surface area contributed by atoms with Crippen LogP contribution in [-0.4, -0.2) is 29.9 Å². The lowest BCUT2D eigenvalue weighted by Crippen LogP contribution is -2.42. The van der Waals surface area contributed by atoms with Gasteiger partial charge >= 0.3 is 0 Å². The molecule has 3 unspecified atom stereocenters. The summed E-state index contributed by atoms with van der Waals surface area (Å²) in [4.78, 5) is 2.59. The van der Waals surface area contributed by atoms with Crippen molar-refractivity contribution in [3.63, 3.8) is 0 Å². The number of hydrogen-bond acceptors (Lipinski definition) is 1. The standard InChI is InChI=1S/C11H22ClN/c1-9-4-5-13(11(3)6-9)8-10(2)7-12/h9-11H,4-8H2,1-3H3. The molecule has 2 heteroatoms. The van der Waals surface area contributed by atoms with Gasteiger partial charge in [-0.05, 0) is 38.1 Å². The molecule has 1 rings (SSSR count). The van der Waals surface area contributed by atoms with Crippen molar-refractivity contribution in [1.82, 2.24) is 4.90 Å². The van der Waals surface area contributed by atoms with Crippen LogP contribution >= 0.6 is 11.6 Å². The Balaban J connectivity index is 2.33. The number of likely N-dealkylation sites (tertiary alicyclic amines) is 1. The molecule has 1 saturated heterocycles. The minimum atomic E-state index is 0.637. The summed E-state index contributed by atoms with van der Waals surface area (Å²) in [6.07, 6.45) is 2.72. The first-order chi connectivity index (χ1) is 6.13. The molecule has 78 valence electrons. The van der Waals surface area contributed by atoms with Gasteiger partial charge in [-0.1, -0.05) is 13.8 Å². The SMILES string of the molecule is CC1CCN(CC(C)CCl)C(C)C1. The van der Waals surface area contributed by atoms with E-state index in [4.69, 9.17) is 11.6 Å². The molecule has 1 nitrogen and oxygen atoms in total. The maximum absolute atomic E-state index is 5.82.